The van der Waals surface area contributed by atoms with Gasteiger partial charge in [0.15, 0.2) is 11.6 Å². The first-order valence-electron chi connectivity index (χ1n) is 15.7. The predicted molar refractivity (Wildman–Crippen MR) is 162 cm³/mol. The van der Waals surface area contributed by atoms with Gasteiger partial charge in [-0.15, -0.1) is 0 Å². The maximum absolute atomic E-state index is 15.0. The summed E-state index contributed by atoms with van der Waals surface area (Å²) < 4.78 is 20.2. The van der Waals surface area contributed by atoms with Crippen molar-refractivity contribution in [3.05, 3.63) is 35.9 Å². The first kappa shape index (κ1) is 34.4. The van der Waals surface area contributed by atoms with Crippen LogP contribution in [0.3, 0.4) is 0 Å². The van der Waals surface area contributed by atoms with Crippen molar-refractivity contribution in [3.8, 4) is 0 Å². The number of rotatable bonds is 13. The molecule has 1 aromatic carbocycles. The van der Waals surface area contributed by atoms with Gasteiger partial charge in [-0.25, -0.2) is 9.18 Å². The lowest BCUT2D eigenvalue weighted by atomic mass is 9.82. The lowest BCUT2D eigenvalue weighted by molar-refractivity contribution is -0.144. The third-order valence-corrected chi connectivity index (χ3v) is 8.86. The van der Waals surface area contributed by atoms with E-state index in [1.165, 1.54) is 4.90 Å². The van der Waals surface area contributed by atoms with Crippen LogP contribution in [0, 0.1) is 23.2 Å². The summed E-state index contributed by atoms with van der Waals surface area (Å²) in [5.74, 6) is -3.69. The number of benzene rings is 1. The van der Waals surface area contributed by atoms with Gasteiger partial charge in [-0.2, -0.15) is 0 Å². The van der Waals surface area contributed by atoms with Crippen LogP contribution in [0.25, 0.3) is 0 Å². The van der Waals surface area contributed by atoms with Gasteiger partial charge in [-0.3, -0.25) is 19.2 Å². The van der Waals surface area contributed by atoms with Crippen molar-refractivity contribution >= 4 is 29.4 Å². The molecule has 0 spiro atoms. The lowest BCUT2D eigenvalue weighted by Crippen LogP contribution is -2.57. The zero-order valence-electron chi connectivity index (χ0n) is 26.7. The smallest absolute Gasteiger partial charge is 0.408 e. The molecule has 0 bridgehead atoms. The fraction of sp³-hybridized carbons (Fsp3) is 0.676. The van der Waals surface area contributed by atoms with Crippen molar-refractivity contribution in [2.24, 2.45) is 23.2 Å². The molecule has 1 saturated carbocycles. The Morgan fingerprint density at radius 2 is 1.65 bits per heavy atom. The quantitative estimate of drug-likeness (QED) is 0.286. The minimum Gasteiger partial charge on any atom is -0.447 e. The molecule has 2 aliphatic rings. The molecule has 9 heteroatoms. The molecular weight excluding hydrogens is 551 g/mol. The molecule has 1 saturated heterocycles. The summed E-state index contributed by atoms with van der Waals surface area (Å²) in [7, 11) is 0. The van der Waals surface area contributed by atoms with Gasteiger partial charge in [0, 0.05) is 31.2 Å². The Bertz CT molecular complexity index is 1160. The van der Waals surface area contributed by atoms with Crippen molar-refractivity contribution in [3.63, 3.8) is 0 Å². The number of amides is 2. The summed E-state index contributed by atoms with van der Waals surface area (Å²) >= 11 is 0. The molecule has 3 rings (SSSR count). The number of nitrogens with one attached hydrogen (secondary N) is 1. The topological polar surface area (TPSA) is 110 Å². The second kappa shape index (κ2) is 14.6. The number of likely N-dealkylation sites (tertiary alicyclic amines) is 1. The van der Waals surface area contributed by atoms with Crippen LogP contribution in [0.4, 0.5) is 9.18 Å². The Balaban J connectivity index is 1.82. The van der Waals surface area contributed by atoms with Crippen molar-refractivity contribution in [1.29, 1.82) is 0 Å². The van der Waals surface area contributed by atoms with Gasteiger partial charge in [-0.1, -0.05) is 71.4 Å². The highest BCUT2D eigenvalue weighted by Crippen LogP contribution is 2.45. The third kappa shape index (κ3) is 8.51. The maximum Gasteiger partial charge on any atom is 0.408 e. The Morgan fingerprint density at radius 1 is 1.00 bits per heavy atom. The van der Waals surface area contributed by atoms with E-state index in [-0.39, 0.29) is 37.0 Å². The molecule has 2 fully saturated rings. The predicted octanol–water partition coefficient (Wildman–Crippen LogP) is 5.82. The van der Waals surface area contributed by atoms with E-state index in [4.69, 9.17) is 4.74 Å². The van der Waals surface area contributed by atoms with Crippen LogP contribution in [0.2, 0.25) is 0 Å². The van der Waals surface area contributed by atoms with Crippen molar-refractivity contribution < 1.29 is 33.1 Å². The third-order valence-electron chi connectivity index (χ3n) is 8.86. The Labute approximate surface area is 255 Å². The van der Waals surface area contributed by atoms with Crippen LogP contribution < -0.4 is 5.32 Å². The van der Waals surface area contributed by atoms with Crippen LogP contribution in [0.5, 0.6) is 0 Å². The van der Waals surface area contributed by atoms with E-state index in [2.05, 4.69) is 5.32 Å². The normalized spacial score (nSPS) is 23.8. The van der Waals surface area contributed by atoms with E-state index in [1.54, 1.807) is 34.6 Å². The Kier molecular flexibility index (Phi) is 11.7. The average Bonchev–Trinajstić information content (AvgIpc) is 3.49. The molecule has 1 aliphatic heterocycles. The fourth-order valence-electron chi connectivity index (χ4n) is 6.63. The van der Waals surface area contributed by atoms with Gasteiger partial charge in [0.25, 0.3) is 0 Å². The van der Waals surface area contributed by atoms with Crippen LogP contribution in [-0.4, -0.2) is 65.2 Å². The second-order valence-electron chi connectivity index (χ2n) is 13.7. The molecular formula is C34H49FN2O6. The zero-order valence-corrected chi connectivity index (χ0v) is 26.7. The minimum atomic E-state index is -1.14. The van der Waals surface area contributed by atoms with Crippen molar-refractivity contribution in [2.45, 2.75) is 117 Å². The van der Waals surface area contributed by atoms with Crippen LogP contribution >= 0.6 is 0 Å². The average molecular weight is 601 g/mol. The number of hydrogen-bond acceptors (Lipinski definition) is 6. The molecule has 7 atom stereocenters. The van der Waals surface area contributed by atoms with Gasteiger partial charge in [0.2, 0.25) is 11.7 Å². The van der Waals surface area contributed by atoms with E-state index < -0.39 is 65.2 Å². The van der Waals surface area contributed by atoms with E-state index in [1.807, 2.05) is 44.2 Å². The van der Waals surface area contributed by atoms with Gasteiger partial charge in [-0.05, 0) is 55.9 Å². The minimum absolute atomic E-state index is 0.0466. The van der Waals surface area contributed by atoms with E-state index in [0.29, 0.717) is 25.7 Å². The van der Waals surface area contributed by atoms with Gasteiger partial charge >= 0.3 is 6.09 Å². The van der Waals surface area contributed by atoms with E-state index in [9.17, 15) is 28.4 Å². The Hall–Kier alpha value is -3.10. The van der Waals surface area contributed by atoms with Crippen LogP contribution in [0.1, 0.15) is 98.5 Å². The number of fused-ring (bicyclic) bond motifs is 1. The molecule has 43 heavy (non-hydrogen) atoms. The molecule has 1 aliphatic carbocycles. The van der Waals surface area contributed by atoms with E-state index in [0.717, 1.165) is 5.56 Å². The molecule has 0 radical (unpaired) electrons. The molecule has 1 heterocycles. The largest absolute Gasteiger partial charge is 0.447 e. The number of Topliss-reactive ketones (excluding diaryl/α,β-unsaturated/α-hetero) is 3. The number of ketones is 3. The van der Waals surface area contributed by atoms with Crippen LogP contribution in [-0.2, 0) is 23.9 Å². The number of hydrogen-bond donors (Lipinski definition) is 1. The van der Waals surface area contributed by atoms with Gasteiger partial charge < -0.3 is 15.0 Å². The number of carbonyl (C=O) groups is 5. The van der Waals surface area contributed by atoms with Gasteiger partial charge in [0.05, 0.1) is 12.1 Å². The number of halogens is 1. The lowest BCUT2D eigenvalue weighted by Gasteiger charge is -2.36. The first-order chi connectivity index (χ1) is 20.1. The zero-order chi connectivity index (χ0) is 32.1. The molecule has 8 nitrogen and oxygen atoms in total. The monoisotopic (exact) mass is 600 g/mol. The molecule has 0 aromatic heterocycles. The van der Waals surface area contributed by atoms with Gasteiger partial charge in [0.1, 0.15) is 12.2 Å². The molecule has 2 amide bonds. The highest BCUT2D eigenvalue weighted by molar-refractivity contribution is 6.38. The second-order valence-corrected chi connectivity index (χ2v) is 13.7. The molecule has 238 valence electrons. The molecule has 1 unspecified atom stereocenters. The highest BCUT2D eigenvalue weighted by atomic mass is 19.1. The molecule has 1 aromatic rings. The summed E-state index contributed by atoms with van der Waals surface area (Å²) in [5.41, 5.74) is 0.231. The number of alkyl halides is 1. The summed E-state index contributed by atoms with van der Waals surface area (Å²) in [4.78, 5) is 68.5. The van der Waals surface area contributed by atoms with Crippen LogP contribution in [0.15, 0.2) is 30.3 Å². The van der Waals surface area contributed by atoms with Crippen molar-refractivity contribution in [1.82, 2.24) is 10.2 Å². The summed E-state index contributed by atoms with van der Waals surface area (Å²) in [6.07, 6.45) is -0.680. The van der Waals surface area contributed by atoms with Crippen molar-refractivity contribution in [2.75, 3.05) is 6.54 Å². The summed E-state index contributed by atoms with van der Waals surface area (Å²) in [6, 6.07) is 7.56. The number of nitrogens with zero attached hydrogens (tertiary/aromatic N) is 1. The number of ether oxygens (including phenoxy) is 1. The fourth-order valence-corrected chi connectivity index (χ4v) is 6.63. The molecule has 1 N–H and O–H groups in total. The number of alkyl carbamates (subject to hydrolysis) is 1. The highest BCUT2D eigenvalue weighted by Gasteiger charge is 2.55. The summed E-state index contributed by atoms with van der Waals surface area (Å²) in [6.45, 7) is 12.7. The van der Waals surface area contributed by atoms with E-state index >= 15 is 0 Å². The Morgan fingerprint density at radius 3 is 2.23 bits per heavy atom. The first-order valence-corrected chi connectivity index (χ1v) is 15.7. The number of carbonyl (C=O) groups excluding carboxylic acids is 5. The summed E-state index contributed by atoms with van der Waals surface area (Å²) in [5, 5.41) is 2.67. The maximum atomic E-state index is 15.0. The standard InChI is InChI=1S/C34H49FN2O6/c1-8-12-23(30(40)28(39)17-21(4)22-13-10-9-11-14-22)18-27(38)29-24-15-16-26(35)25(24)19-37(29)32(41)31(34(5,6)7)36-33(42)43-20(2)3/h9-11,13-14,20-21,23-26,29,31H,8,12,15-19H2,1-7H3,(H,36,42)/t21-,23?,24-,25-,26-,29-,31+/m0/s1. The SMILES string of the molecule is CCCC(CC(=O)[C@@H]1[C@H]2CC[C@H](F)[C@H]2CN1C(=O)[C@@H](NC(=O)OC(C)C)C(C)(C)C)C(=O)C(=O)C[C@H](C)c1ccccc1.